The Morgan fingerprint density at radius 3 is 2.35 bits per heavy atom. The number of nitrogens with one attached hydrogen (secondary N) is 1. The van der Waals surface area contributed by atoms with Crippen LogP contribution in [0.15, 0.2) is 24.3 Å². The Bertz CT molecular complexity index is 432. The zero-order valence-corrected chi connectivity index (χ0v) is 9.74. The number of carbonyl (C=O) groups excluding carboxylic acids is 2. The Morgan fingerprint density at radius 1 is 1.29 bits per heavy atom. The molecule has 92 valence electrons. The summed E-state index contributed by atoms with van der Waals surface area (Å²) in [7, 11) is 0. The molecule has 1 unspecified atom stereocenters. The minimum absolute atomic E-state index is 0.0978. The van der Waals surface area contributed by atoms with E-state index in [0.29, 0.717) is 0 Å². The molecule has 4 nitrogen and oxygen atoms in total. The van der Waals surface area contributed by atoms with Crippen LogP contribution in [-0.4, -0.2) is 17.9 Å². The van der Waals surface area contributed by atoms with Gasteiger partial charge in [-0.15, -0.1) is 0 Å². The summed E-state index contributed by atoms with van der Waals surface area (Å²) in [4.78, 5) is 22.8. The van der Waals surface area contributed by atoms with Crippen LogP contribution in [0.2, 0.25) is 0 Å². The molecule has 5 heteroatoms. The Labute approximate surface area is 99.0 Å². The third kappa shape index (κ3) is 3.27. The first kappa shape index (κ1) is 13.2. The first-order valence-electron chi connectivity index (χ1n) is 5.28. The Balaban J connectivity index is 2.85. The van der Waals surface area contributed by atoms with Crippen molar-refractivity contribution < 1.29 is 14.0 Å². The molecule has 0 saturated heterocycles. The number of rotatable bonds is 4. The minimum atomic E-state index is -0.804. The number of hydrogen-bond acceptors (Lipinski definition) is 2. The summed E-state index contributed by atoms with van der Waals surface area (Å²) < 4.78 is 13.3. The number of primary amides is 1. The number of halogens is 1. The summed E-state index contributed by atoms with van der Waals surface area (Å²) in [5.74, 6) is -2.05. The standard InChI is InChI=1S/C12H15FN2O2/c1-7(2)10(11(14)16)15-12(17)8-5-3-4-6-9(8)13/h3-7,10H,1-2H3,(H2,14,16)(H,15,17). The van der Waals surface area contributed by atoms with Gasteiger partial charge in [0.1, 0.15) is 11.9 Å². The molecule has 0 aliphatic heterocycles. The largest absolute Gasteiger partial charge is 0.368 e. The molecule has 0 saturated carbocycles. The molecule has 0 spiro atoms. The van der Waals surface area contributed by atoms with Gasteiger partial charge in [0.25, 0.3) is 5.91 Å². The van der Waals surface area contributed by atoms with E-state index < -0.39 is 23.7 Å². The second-order valence-electron chi connectivity index (χ2n) is 4.08. The molecule has 0 bridgehead atoms. The molecule has 1 aromatic rings. The predicted molar refractivity (Wildman–Crippen MR) is 61.7 cm³/mol. The van der Waals surface area contributed by atoms with E-state index in [4.69, 9.17) is 5.73 Å². The van der Waals surface area contributed by atoms with Gasteiger partial charge in [0.2, 0.25) is 5.91 Å². The summed E-state index contributed by atoms with van der Waals surface area (Å²) >= 11 is 0. The smallest absolute Gasteiger partial charge is 0.254 e. The number of benzene rings is 1. The van der Waals surface area contributed by atoms with Gasteiger partial charge in [0, 0.05) is 0 Å². The lowest BCUT2D eigenvalue weighted by Gasteiger charge is -2.18. The monoisotopic (exact) mass is 238 g/mol. The molecular weight excluding hydrogens is 223 g/mol. The van der Waals surface area contributed by atoms with Crippen LogP contribution >= 0.6 is 0 Å². The molecule has 0 radical (unpaired) electrons. The van der Waals surface area contributed by atoms with Gasteiger partial charge in [-0.25, -0.2) is 4.39 Å². The van der Waals surface area contributed by atoms with Crippen LogP contribution in [0.5, 0.6) is 0 Å². The van der Waals surface area contributed by atoms with Crippen molar-refractivity contribution in [3.8, 4) is 0 Å². The summed E-state index contributed by atoms with van der Waals surface area (Å²) in [6.07, 6.45) is 0. The van der Waals surface area contributed by atoms with Gasteiger partial charge < -0.3 is 11.1 Å². The predicted octanol–water partition coefficient (Wildman–Crippen LogP) is 1.07. The van der Waals surface area contributed by atoms with Crippen molar-refractivity contribution in [2.75, 3.05) is 0 Å². The van der Waals surface area contributed by atoms with Crippen LogP contribution in [0.25, 0.3) is 0 Å². The fourth-order valence-electron chi connectivity index (χ4n) is 1.43. The van der Waals surface area contributed by atoms with Crippen molar-refractivity contribution in [1.82, 2.24) is 5.32 Å². The number of amides is 2. The van der Waals surface area contributed by atoms with Gasteiger partial charge in [-0.2, -0.15) is 0 Å². The first-order valence-corrected chi connectivity index (χ1v) is 5.28. The molecule has 1 atom stereocenters. The van der Waals surface area contributed by atoms with Crippen LogP contribution < -0.4 is 11.1 Å². The lowest BCUT2D eigenvalue weighted by molar-refractivity contribution is -0.120. The van der Waals surface area contributed by atoms with Crippen LogP contribution in [0.3, 0.4) is 0 Å². The van der Waals surface area contributed by atoms with E-state index in [2.05, 4.69) is 5.32 Å². The average Bonchev–Trinajstić information content (AvgIpc) is 2.25. The fourth-order valence-corrected chi connectivity index (χ4v) is 1.43. The Hall–Kier alpha value is -1.91. The summed E-state index contributed by atoms with van der Waals surface area (Å²) in [6, 6.07) is 4.77. The highest BCUT2D eigenvalue weighted by molar-refractivity contribution is 5.97. The van der Waals surface area contributed by atoms with Gasteiger partial charge in [0.05, 0.1) is 5.56 Å². The van der Waals surface area contributed by atoms with E-state index in [1.165, 1.54) is 18.2 Å². The fraction of sp³-hybridized carbons (Fsp3) is 0.333. The second kappa shape index (κ2) is 5.43. The highest BCUT2D eigenvalue weighted by atomic mass is 19.1. The van der Waals surface area contributed by atoms with Gasteiger partial charge in [-0.3, -0.25) is 9.59 Å². The molecule has 3 N–H and O–H groups in total. The molecule has 0 aliphatic carbocycles. The molecule has 17 heavy (non-hydrogen) atoms. The van der Waals surface area contributed by atoms with E-state index in [0.717, 1.165) is 0 Å². The molecular formula is C12H15FN2O2. The molecule has 2 amide bonds. The Morgan fingerprint density at radius 2 is 1.88 bits per heavy atom. The van der Waals surface area contributed by atoms with Crippen LogP contribution in [0, 0.1) is 11.7 Å². The topological polar surface area (TPSA) is 72.2 Å². The van der Waals surface area contributed by atoms with E-state index >= 15 is 0 Å². The van der Waals surface area contributed by atoms with E-state index in [1.54, 1.807) is 19.9 Å². The maximum absolute atomic E-state index is 13.3. The van der Waals surface area contributed by atoms with Gasteiger partial charge in [-0.1, -0.05) is 26.0 Å². The zero-order valence-electron chi connectivity index (χ0n) is 9.74. The molecule has 0 fully saturated rings. The van der Waals surface area contributed by atoms with E-state index in [-0.39, 0.29) is 11.5 Å². The second-order valence-corrected chi connectivity index (χ2v) is 4.08. The lowest BCUT2D eigenvalue weighted by Crippen LogP contribution is -2.47. The summed E-state index contributed by atoms with van der Waals surface area (Å²) in [6.45, 7) is 3.49. The van der Waals surface area contributed by atoms with Crippen LogP contribution in [-0.2, 0) is 4.79 Å². The first-order chi connectivity index (χ1) is 7.93. The minimum Gasteiger partial charge on any atom is -0.368 e. The van der Waals surface area contributed by atoms with Crippen molar-refractivity contribution in [2.45, 2.75) is 19.9 Å². The number of nitrogens with two attached hydrogens (primary N) is 1. The zero-order chi connectivity index (χ0) is 13.0. The van der Waals surface area contributed by atoms with Crippen molar-refractivity contribution in [1.29, 1.82) is 0 Å². The van der Waals surface area contributed by atoms with Crippen molar-refractivity contribution in [3.63, 3.8) is 0 Å². The molecule has 1 aromatic carbocycles. The van der Waals surface area contributed by atoms with Crippen molar-refractivity contribution in [2.24, 2.45) is 11.7 Å². The summed E-state index contributed by atoms with van der Waals surface area (Å²) in [5.41, 5.74) is 5.06. The SMILES string of the molecule is CC(C)C(NC(=O)c1ccccc1F)C(N)=O. The third-order valence-electron chi connectivity index (χ3n) is 2.38. The highest BCUT2D eigenvalue weighted by Crippen LogP contribution is 2.08. The van der Waals surface area contributed by atoms with Crippen molar-refractivity contribution >= 4 is 11.8 Å². The average molecular weight is 238 g/mol. The molecule has 1 rings (SSSR count). The van der Waals surface area contributed by atoms with E-state index in [1.807, 2.05) is 0 Å². The van der Waals surface area contributed by atoms with E-state index in [9.17, 15) is 14.0 Å². The van der Waals surface area contributed by atoms with Gasteiger partial charge >= 0.3 is 0 Å². The third-order valence-corrected chi connectivity index (χ3v) is 2.38. The quantitative estimate of drug-likeness (QED) is 0.823. The van der Waals surface area contributed by atoms with Gasteiger partial charge in [-0.05, 0) is 18.1 Å². The normalized spacial score (nSPS) is 12.2. The number of hydrogen-bond donors (Lipinski definition) is 2. The highest BCUT2D eigenvalue weighted by Gasteiger charge is 2.23. The lowest BCUT2D eigenvalue weighted by atomic mass is 10.0. The molecule has 0 heterocycles. The van der Waals surface area contributed by atoms with Crippen LogP contribution in [0.1, 0.15) is 24.2 Å². The molecule has 0 aromatic heterocycles. The van der Waals surface area contributed by atoms with Crippen molar-refractivity contribution in [3.05, 3.63) is 35.6 Å². The number of carbonyl (C=O) groups is 2. The Kier molecular flexibility index (Phi) is 4.20. The molecule has 0 aliphatic rings. The van der Waals surface area contributed by atoms with Crippen LogP contribution in [0.4, 0.5) is 4.39 Å². The van der Waals surface area contributed by atoms with Gasteiger partial charge in [0.15, 0.2) is 0 Å². The maximum Gasteiger partial charge on any atom is 0.254 e. The maximum atomic E-state index is 13.3. The summed E-state index contributed by atoms with van der Waals surface area (Å²) in [5, 5.41) is 2.42.